The Morgan fingerprint density at radius 3 is 2.76 bits per heavy atom. The molecule has 1 aromatic carbocycles. The summed E-state index contributed by atoms with van der Waals surface area (Å²) in [6, 6.07) is 7.52. The minimum atomic E-state index is 0.397. The van der Waals surface area contributed by atoms with E-state index in [0.717, 1.165) is 24.6 Å². The van der Waals surface area contributed by atoms with Crippen LogP contribution in [0.4, 0.5) is 0 Å². The molecular formula is C21H31N3O. The summed E-state index contributed by atoms with van der Waals surface area (Å²) in [5.74, 6) is 1.82. The number of benzene rings is 1. The van der Waals surface area contributed by atoms with Crippen molar-refractivity contribution in [2.75, 3.05) is 20.2 Å². The molecule has 2 atom stereocenters. The van der Waals surface area contributed by atoms with E-state index in [1.807, 2.05) is 0 Å². The van der Waals surface area contributed by atoms with Crippen LogP contribution >= 0.6 is 0 Å². The van der Waals surface area contributed by atoms with Gasteiger partial charge < -0.3 is 19.9 Å². The van der Waals surface area contributed by atoms with Gasteiger partial charge in [0.1, 0.15) is 5.75 Å². The fraction of sp³-hybridized carbons (Fsp3) is 0.619. The van der Waals surface area contributed by atoms with Gasteiger partial charge >= 0.3 is 0 Å². The minimum Gasteiger partial charge on any atom is -0.497 e. The van der Waals surface area contributed by atoms with Gasteiger partial charge in [-0.1, -0.05) is 0 Å². The first-order valence-corrected chi connectivity index (χ1v) is 9.83. The van der Waals surface area contributed by atoms with Crippen LogP contribution in [-0.4, -0.2) is 30.8 Å². The Kier molecular flexibility index (Phi) is 4.74. The molecular weight excluding hydrogens is 310 g/mol. The predicted octanol–water partition coefficient (Wildman–Crippen LogP) is 3.63. The Morgan fingerprint density at radius 2 is 2.00 bits per heavy atom. The number of nitrogens with one attached hydrogen (secondary N) is 2. The standard InChI is InChI=1S/C21H31N3O/c1-14-12-20-21(15(2)23-14)18-13-17(25-3)4-5-19(18)24(20)11-8-16-6-9-22-10-7-16/h4-5,13-16,22-23H,6-12H2,1-3H3. The van der Waals surface area contributed by atoms with Gasteiger partial charge in [0, 0.05) is 41.6 Å². The van der Waals surface area contributed by atoms with Crippen molar-refractivity contribution in [3.05, 3.63) is 29.5 Å². The zero-order valence-electron chi connectivity index (χ0n) is 15.8. The van der Waals surface area contributed by atoms with Gasteiger partial charge in [0.25, 0.3) is 0 Å². The van der Waals surface area contributed by atoms with Crippen LogP contribution in [0.1, 0.15) is 50.4 Å². The Labute approximate surface area is 150 Å². The second-order valence-corrected chi connectivity index (χ2v) is 7.87. The number of hydrogen-bond acceptors (Lipinski definition) is 3. The largest absolute Gasteiger partial charge is 0.497 e. The number of nitrogens with zero attached hydrogens (tertiary/aromatic N) is 1. The van der Waals surface area contributed by atoms with Crippen molar-refractivity contribution >= 4 is 10.9 Å². The van der Waals surface area contributed by atoms with E-state index in [-0.39, 0.29) is 0 Å². The van der Waals surface area contributed by atoms with Gasteiger partial charge in [0.2, 0.25) is 0 Å². The van der Waals surface area contributed by atoms with E-state index < -0.39 is 0 Å². The maximum Gasteiger partial charge on any atom is 0.119 e. The van der Waals surface area contributed by atoms with Crippen molar-refractivity contribution < 1.29 is 4.74 Å². The lowest BCUT2D eigenvalue weighted by molar-refractivity contribution is 0.335. The van der Waals surface area contributed by atoms with Crippen LogP contribution in [0.3, 0.4) is 0 Å². The average Bonchev–Trinajstić information content (AvgIpc) is 2.93. The third-order valence-corrected chi connectivity index (χ3v) is 6.11. The molecule has 1 aromatic heterocycles. The van der Waals surface area contributed by atoms with Gasteiger partial charge in [0.05, 0.1) is 7.11 Å². The highest BCUT2D eigenvalue weighted by molar-refractivity contribution is 5.87. The van der Waals surface area contributed by atoms with Crippen molar-refractivity contribution in [2.45, 2.75) is 58.2 Å². The maximum atomic E-state index is 5.50. The molecule has 3 heterocycles. The lowest BCUT2D eigenvalue weighted by atomic mass is 9.94. The molecule has 2 aliphatic heterocycles. The topological polar surface area (TPSA) is 38.2 Å². The molecule has 2 unspecified atom stereocenters. The second-order valence-electron chi connectivity index (χ2n) is 7.87. The first-order chi connectivity index (χ1) is 12.2. The summed E-state index contributed by atoms with van der Waals surface area (Å²) in [7, 11) is 1.76. The number of fused-ring (bicyclic) bond motifs is 3. The van der Waals surface area contributed by atoms with Crippen LogP contribution in [-0.2, 0) is 13.0 Å². The monoisotopic (exact) mass is 341 g/mol. The summed E-state index contributed by atoms with van der Waals surface area (Å²) in [5.41, 5.74) is 4.40. The van der Waals surface area contributed by atoms with Crippen LogP contribution in [0.25, 0.3) is 10.9 Å². The van der Waals surface area contributed by atoms with Crippen molar-refractivity contribution in [1.82, 2.24) is 15.2 Å². The highest BCUT2D eigenvalue weighted by atomic mass is 16.5. The molecule has 0 radical (unpaired) electrons. The number of aromatic nitrogens is 1. The van der Waals surface area contributed by atoms with E-state index in [1.165, 1.54) is 54.5 Å². The number of rotatable bonds is 4. The van der Waals surface area contributed by atoms with Crippen LogP contribution in [0.15, 0.2) is 18.2 Å². The van der Waals surface area contributed by atoms with E-state index in [1.54, 1.807) is 7.11 Å². The van der Waals surface area contributed by atoms with Crippen LogP contribution < -0.4 is 15.4 Å². The molecule has 0 spiro atoms. The smallest absolute Gasteiger partial charge is 0.119 e. The number of piperidine rings is 1. The highest BCUT2D eigenvalue weighted by Crippen LogP contribution is 2.37. The van der Waals surface area contributed by atoms with Crippen molar-refractivity contribution in [2.24, 2.45) is 5.92 Å². The summed E-state index contributed by atoms with van der Waals surface area (Å²) in [4.78, 5) is 0. The van der Waals surface area contributed by atoms with E-state index in [4.69, 9.17) is 4.74 Å². The number of ether oxygens (including phenoxy) is 1. The van der Waals surface area contributed by atoms with Gasteiger partial charge in [-0.3, -0.25) is 0 Å². The molecule has 4 nitrogen and oxygen atoms in total. The highest BCUT2D eigenvalue weighted by Gasteiger charge is 2.28. The van der Waals surface area contributed by atoms with Crippen LogP contribution in [0, 0.1) is 5.92 Å². The van der Waals surface area contributed by atoms with Gasteiger partial charge in [-0.15, -0.1) is 0 Å². The number of aryl methyl sites for hydroxylation is 1. The summed E-state index contributed by atoms with van der Waals surface area (Å²) < 4.78 is 8.11. The van der Waals surface area contributed by atoms with Crippen molar-refractivity contribution in [3.63, 3.8) is 0 Å². The maximum absolute atomic E-state index is 5.50. The molecule has 1 fully saturated rings. The first-order valence-electron chi connectivity index (χ1n) is 9.83. The fourth-order valence-corrected chi connectivity index (χ4v) is 4.84. The molecule has 25 heavy (non-hydrogen) atoms. The number of hydrogen-bond donors (Lipinski definition) is 2. The van der Waals surface area contributed by atoms with Crippen LogP contribution in [0.2, 0.25) is 0 Å². The Morgan fingerprint density at radius 1 is 1.20 bits per heavy atom. The van der Waals surface area contributed by atoms with Gasteiger partial charge in [-0.25, -0.2) is 0 Å². The third kappa shape index (κ3) is 3.18. The lowest BCUT2D eigenvalue weighted by Crippen LogP contribution is -2.36. The lowest BCUT2D eigenvalue weighted by Gasteiger charge is -2.29. The van der Waals surface area contributed by atoms with E-state index in [2.05, 4.69) is 47.2 Å². The normalized spacial score (nSPS) is 24.4. The molecule has 4 heteroatoms. The molecule has 136 valence electrons. The fourth-order valence-electron chi connectivity index (χ4n) is 4.84. The Hall–Kier alpha value is -1.52. The molecule has 2 aliphatic rings. The van der Waals surface area contributed by atoms with Gasteiger partial charge in [0.15, 0.2) is 0 Å². The number of methoxy groups -OCH3 is 1. The molecule has 0 aliphatic carbocycles. The van der Waals surface area contributed by atoms with Gasteiger partial charge in [-0.05, 0) is 75.9 Å². The minimum absolute atomic E-state index is 0.397. The third-order valence-electron chi connectivity index (χ3n) is 6.11. The van der Waals surface area contributed by atoms with Crippen molar-refractivity contribution in [3.8, 4) is 5.75 Å². The predicted molar refractivity (Wildman–Crippen MR) is 103 cm³/mol. The van der Waals surface area contributed by atoms with E-state index >= 15 is 0 Å². The Balaban J connectivity index is 1.72. The summed E-state index contributed by atoms with van der Waals surface area (Å²) in [6.45, 7) is 8.11. The molecule has 0 bridgehead atoms. The second kappa shape index (κ2) is 7.00. The zero-order valence-corrected chi connectivity index (χ0v) is 15.8. The average molecular weight is 341 g/mol. The molecule has 2 aromatic rings. The summed E-state index contributed by atoms with van der Waals surface area (Å²) in [6.07, 6.45) is 5.05. The van der Waals surface area contributed by atoms with E-state index in [9.17, 15) is 0 Å². The SMILES string of the molecule is COc1ccc2c(c1)c1c(n2CCC2CCNCC2)CC(C)NC1C. The molecule has 0 saturated carbocycles. The van der Waals surface area contributed by atoms with Gasteiger partial charge in [-0.2, -0.15) is 0 Å². The summed E-state index contributed by atoms with van der Waals surface area (Å²) in [5, 5.41) is 8.57. The quantitative estimate of drug-likeness (QED) is 0.892. The Bertz CT molecular complexity index is 745. The molecule has 0 amide bonds. The molecule has 4 rings (SSSR count). The zero-order chi connectivity index (χ0) is 17.4. The van der Waals surface area contributed by atoms with Crippen LogP contribution in [0.5, 0.6) is 5.75 Å². The van der Waals surface area contributed by atoms with E-state index in [0.29, 0.717) is 12.1 Å². The summed E-state index contributed by atoms with van der Waals surface area (Å²) >= 11 is 0. The van der Waals surface area contributed by atoms with Crippen molar-refractivity contribution in [1.29, 1.82) is 0 Å². The molecule has 1 saturated heterocycles. The molecule has 2 N–H and O–H groups in total. The first kappa shape index (κ1) is 16.9.